The summed E-state index contributed by atoms with van der Waals surface area (Å²) in [6.07, 6.45) is 0.221. The van der Waals surface area contributed by atoms with E-state index in [1.165, 1.54) is 9.80 Å². The van der Waals surface area contributed by atoms with Gasteiger partial charge in [0, 0.05) is 57.3 Å². The molecule has 2 fully saturated rings. The summed E-state index contributed by atoms with van der Waals surface area (Å²) >= 11 is 0. The molecule has 0 aliphatic carbocycles. The molecule has 0 bridgehead atoms. The Morgan fingerprint density at radius 2 is 1.59 bits per heavy atom. The van der Waals surface area contributed by atoms with Gasteiger partial charge >= 0.3 is 27.7 Å². The quantitative estimate of drug-likeness (QED) is 0.259. The highest BCUT2D eigenvalue weighted by atomic mass is 32.2. The molecule has 0 unspecified atom stereocenters. The normalized spacial score (nSPS) is 15.5. The second kappa shape index (κ2) is 15.7. The molecule has 46 heavy (non-hydrogen) atoms. The molecule has 1 aromatic carbocycles. The van der Waals surface area contributed by atoms with Gasteiger partial charge in [0.2, 0.25) is 5.91 Å². The Bertz CT molecular complexity index is 1500. The minimum absolute atomic E-state index is 0.0758. The van der Waals surface area contributed by atoms with Crippen molar-refractivity contribution < 1.29 is 55.2 Å². The molecule has 0 spiro atoms. The van der Waals surface area contributed by atoms with Crippen LogP contribution in [0.25, 0.3) is 11.4 Å². The highest BCUT2D eigenvalue weighted by Crippen LogP contribution is 2.24. The smallest absolute Gasteiger partial charge is 0.481 e. The Morgan fingerprint density at radius 3 is 2.09 bits per heavy atom. The molecule has 4 rings (SSSR count). The van der Waals surface area contributed by atoms with Crippen LogP contribution in [0.5, 0.6) is 0 Å². The van der Waals surface area contributed by atoms with E-state index in [-0.39, 0.29) is 51.3 Å². The third kappa shape index (κ3) is 9.99. The van der Waals surface area contributed by atoms with Crippen LogP contribution in [0.1, 0.15) is 36.7 Å². The number of rotatable bonds is 9. The summed E-state index contributed by atoms with van der Waals surface area (Å²) in [5.74, 6) is -1.04. The maximum Gasteiger partial charge on any atom is 0.522 e. The number of halogens is 3. The number of carbonyl (C=O) groups excluding carboxylic acids is 3. The molecule has 1 aromatic heterocycles. The van der Waals surface area contributed by atoms with Gasteiger partial charge in [0.1, 0.15) is 17.6 Å². The van der Waals surface area contributed by atoms with Crippen molar-refractivity contribution in [2.75, 3.05) is 50.8 Å². The van der Waals surface area contributed by atoms with E-state index < -0.39 is 45.5 Å². The molecule has 2 aliphatic rings. The predicted molar refractivity (Wildman–Crippen MR) is 155 cm³/mol. The van der Waals surface area contributed by atoms with Crippen LogP contribution in [0.3, 0.4) is 0 Å². The second-order valence-electron chi connectivity index (χ2n) is 10.0. The molecule has 3 heterocycles. The number of aliphatic carboxylic acids is 1. The average Bonchev–Trinajstić information content (AvgIpc) is 2.97. The number of amides is 3. The van der Waals surface area contributed by atoms with Gasteiger partial charge in [-0.05, 0) is 19.8 Å². The number of nitrogens with one attached hydrogen (secondary N) is 1. The van der Waals surface area contributed by atoms with Crippen LogP contribution in [0.15, 0.2) is 36.4 Å². The Morgan fingerprint density at radius 1 is 1.00 bits per heavy atom. The van der Waals surface area contributed by atoms with Crippen LogP contribution < -0.4 is 10.2 Å². The summed E-state index contributed by atoms with van der Waals surface area (Å²) in [6, 6.07) is 9.83. The van der Waals surface area contributed by atoms with Gasteiger partial charge in [-0.15, -0.1) is 0 Å². The number of piperazine rings is 1. The number of alkyl halides is 3. The largest absolute Gasteiger partial charge is 0.522 e. The van der Waals surface area contributed by atoms with Gasteiger partial charge in [-0.25, -0.2) is 14.8 Å². The van der Waals surface area contributed by atoms with E-state index in [0.717, 1.165) is 25.1 Å². The van der Waals surface area contributed by atoms with Gasteiger partial charge in [-0.1, -0.05) is 30.3 Å². The van der Waals surface area contributed by atoms with Gasteiger partial charge in [-0.2, -0.15) is 21.6 Å². The van der Waals surface area contributed by atoms with Gasteiger partial charge in [0.25, 0.3) is 5.91 Å². The maximum absolute atomic E-state index is 13.4. The summed E-state index contributed by atoms with van der Waals surface area (Å²) in [5, 5.41) is 11.9. The number of aromatic nitrogens is 2. The van der Waals surface area contributed by atoms with E-state index in [2.05, 4.69) is 15.3 Å². The molecular weight excluding hydrogens is 641 g/mol. The first-order valence-corrected chi connectivity index (χ1v) is 15.5. The number of carboxylic acid groups (broad SMARTS) is 1. The van der Waals surface area contributed by atoms with Crippen molar-refractivity contribution in [2.45, 2.75) is 37.7 Å². The molecule has 2 aliphatic heterocycles. The van der Waals surface area contributed by atoms with Crippen LogP contribution in [0.2, 0.25) is 0 Å². The summed E-state index contributed by atoms with van der Waals surface area (Å²) in [5.41, 5.74) is -4.68. The molecule has 2 aromatic rings. The van der Waals surface area contributed by atoms with Crippen LogP contribution in [-0.2, 0) is 24.4 Å². The van der Waals surface area contributed by atoms with Crippen molar-refractivity contribution in [3.63, 3.8) is 0 Å². The monoisotopic (exact) mass is 674 g/mol. The number of nitrogens with zero attached hydrogens (tertiary/aromatic N) is 5. The van der Waals surface area contributed by atoms with Gasteiger partial charge in [-0.3, -0.25) is 18.9 Å². The van der Waals surface area contributed by atoms with Crippen molar-refractivity contribution in [2.24, 2.45) is 0 Å². The summed E-state index contributed by atoms with van der Waals surface area (Å²) in [6.45, 7) is 4.71. The van der Waals surface area contributed by atoms with Crippen molar-refractivity contribution in [3.8, 4) is 11.4 Å². The van der Waals surface area contributed by atoms with E-state index in [9.17, 15) is 37.5 Å². The first kappa shape index (κ1) is 36.0. The Balaban J connectivity index is 0.000000637. The fourth-order valence-corrected chi connectivity index (χ4v) is 4.28. The first-order chi connectivity index (χ1) is 21.6. The van der Waals surface area contributed by atoms with Crippen molar-refractivity contribution in [3.05, 3.63) is 42.1 Å². The van der Waals surface area contributed by atoms with E-state index in [1.807, 2.05) is 35.2 Å². The Kier molecular flexibility index (Phi) is 12.2. The second-order valence-corrected chi connectivity index (χ2v) is 11.4. The molecule has 19 heteroatoms. The minimum Gasteiger partial charge on any atom is -0.481 e. The predicted octanol–water partition coefficient (Wildman–Crippen LogP) is 2.01. The maximum atomic E-state index is 13.4. The Labute approximate surface area is 262 Å². The molecular formula is C27H33F3N6O9S. The minimum atomic E-state index is -5.84. The number of benzene rings is 1. The lowest BCUT2D eigenvalue weighted by atomic mass is 10.1. The van der Waals surface area contributed by atoms with Gasteiger partial charge in [0.15, 0.2) is 5.82 Å². The third-order valence-corrected chi connectivity index (χ3v) is 7.40. The zero-order valence-corrected chi connectivity index (χ0v) is 25.5. The number of ether oxygens (including phenoxy) is 1. The molecule has 0 saturated carbocycles. The highest BCUT2D eigenvalue weighted by molar-refractivity contribution is 7.86. The first-order valence-electron chi connectivity index (χ1n) is 14.1. The molecule has 15 nitrogen and oxygen atoms in total. The molecule has 3 amide bonds. The lowest BCUT2D eigenvalue weighted by Gasteiger charge is -2.36. The number of anilines is 1. The molecule has 3 N–H and O–H groups in total. The van der Waals surface area contributed by atoms with Crippen molar-refractivity contribution in [1.82, 2.24) is 25.1 Å². The number of carboxylic acids is 1. The zero-order chi connectivity index (χ0) is 34.1. The van der Waals surface area contributed by atoms with Gasteiger partial charge < -0.3 is 29.9 Å². The van der Waals surface area contributed by atoms with E-state index >= 15 is 0 Å². The molecule has 252 valence electrons. The summed E-state index contributed by atoms with van der Waals surface area (Å²) in [7, 11) is -5.84. The lowest BCUT2D eigenvalue weighted by Crippen LogP contribution is -2.56. The summed E-state index contributed by atoms with van der Waals surface area (Å²) in [4.78, 5) is 64.1. The SMILES string of the molecule is CCOC(=O)N1CCN(C(=O)[C@H](CCC(=O)O)NC(=O)c2cc(N3CCC3)nc(-c3ccccc3)n2)CC1.O=S(=O)(O)C(F)(F)F. The van der Waals surface area contributed by atoms with Crippen LogP contribution in [-0.4, -0.2) is 119 Å². The number of hydrogen-bond donors (Lipinski definition) is 3. The summed E-state index contributed by atoms with van der Waals surface area (Å²) < 4.78 is 62.6. The van der Waals surface area contributed by atoms with Crippen LogP contribution in [0, 0.1) is 0 Å². The fourth-order valence-electron chi connectivity index (χ4n) is 4.28. The third-order valence-electron chi connectivity index (χ3n) is 6.82. The average molecular weight is 675 g/mol. The van der Waals surface area contributed by atoms with Gasteiger partial charge in [0.05, 0.1) is 6.61 Å². The van der Waals surface area contributed by atoms with Crippen molar-refractivity contribution in [1.29, 1.82) is 0 Å². The van der Waals surface area contributed by atoms with Crippen LogP contribution in [0.4, 0.5) is 23.8 Å². The fraction of sp³-hybridized carbons (Fsp3) is 0.481. The Hall–Kier alpha value is -4.52. The van der Waals surface area contributed by atoms with Crippen molar-refractivity contribution >= 4 is 39.8 Å². The topological polar surface area (TPSA) is 200 Å². The highest BCUT2D eigenvalue weighted by Gasteiger charge is 2.44. The molecule has 1 atom stereocenters. The zero-order valence-electron chi connectivity index (χ0n) is 24.6. The van der Waals surface area contributed by atoms with Crippen LogP contribution >= 0.6 is 0 Å². The standard InChI is InChI=1S/C26H32N6O6.CHF3O3S/c1-2-38-26(37)32-15-13-31(14-16-32)25(36)19(9-10-22(33)34)28-24(35)20-17-21(30-11-6-12-30)29-23(27-20)18-7-4-3-5-8-18;2-1(3,4)8(5,6)7/h3-5,7-8,17,19H,2,6,9-16H2,1H3,(H,28,35)(H,33,34);(H,5,6,7)/t19-;/m0./s1. The molecule has 0 radical (unpaired) electrons. The number of carbonyl (C=O) groups is 4. The van der Waals surface area contributed by atoms with E-state index in [4.69, 9.17) is 17.7 Å². The van der Waals surface area contributed by atoms with E-state index in [0.29, 0.717) is 11.6 Å². The van der Waals surface area contributed by atoms with E-state index in [1.54, 1.807) is 13.0 Å². The number of hydrogen-bond acceptors (Lipinski definition) is 10. The lowest BCUT2D eigenvalue weighted by molar-refractivity contribution is -0.138. The molecule has 2 saturated heterocycles.